The van der Waals surface area contributed by atoms with Crippen LogP contribution in [0.2, 0.25) is 0 Å². The summed E-state index contributed by atoms with van der Waals surface area (Å²) in [5, 5.41) is 2.78. The van der Waals surface area contributed by atoms with Gasteiger partial charge < -0.3 is 14.8 Å². The predicted molar refractivity (Wildman–Crippen MR) is 106 cm³/mol. The van der Waals surface area contributed by atoms with Gasteiger partial charge in [-0.15, -0.1) is 0 Å². The third-order valence-electron chi connectivity index (χ3n) is 4.25. The van der Waals surface area contributed by atoms with Crippen LogP contribution >= 0.6 is 0 Å². The molecule has 2 rings (SSSR count). The number of aryl methyl sites for hydroxylation is 3. The van der Waals surface area contributed by atoms with Crippen molar-refractivity contribution in [2.75, 3.05) is 18.5 Å². The zero-order valence-corrected chi connectivity index (χ0v) is 16.6. The number of hydrogen-bond donors (Lipinski definition) is 1. The minimum absolute atomic E-state index is 0.236. The molecule has 0 spiro atoms. The smallest absolute Gasteiger partial charge is 0.344 e. The van der Waals surface area contributed by atoms with Crippen LogP contribution in [0.1, 0.15) is 42.0 Å². The second-order valence-electron chi connectivity index (χ2n) is 6.96. The Bertz CT molecular complexity index is 807. The first kappa shape index (κ1) is 20.5. The number of amides is 1. The van der Waals surface area contributed by atoms with E-state index in [2.05, 4.69) is 19.2 Å². The Labute approximate surface area is 160 Å². The van der Waals surface area contributed by atoms with Gasteiger partial charge in [-0.25, -0.2) is 4.79 Å². The van der Waals surface area contributed by atoms with Gasteiger partial charge in [0.25, 0.3) is 5.91 Å². The lowest BCUT2D eigenvalue weighted by Crippen LogP contribution is -2.24. The standard InChI is InChI=1S/C22H27NO4/c1-14(2)18-10-9-15(3)11-19(18)26-13-21(25)27-12-20(24)23-22-16(4)7-6-8-17(22)5/h6-11,14H,12-13H2,1-5H3,(H,23,24). The van der Waals surface area contributed by atoms with Crippen molar-refractivity contribution in [3.63, 3.8) is 0 Å². The highest BCUT2D eigenvalue weighted by atomic mass is 16.6. The number of carbonyl (C=O) groups excluding carboxylic acids is 2. The van der Waals surface area contributed by atoms with E-state index in [4.69, 9.17) is 9.47 Å². The maximum atomic E-state index is 12.1. The summed E-state index contributed by atoms with van der Waals surface area (Å²) in [6, 6.07) is 11.7. The Kier molecular flexibility index (Phi) is 6.99. The van der Waals surface area contributed by atoms with Gasteiger partial charge in [-0.2, -0.15) is 0 Å². The Balaban J connectivity index is 1.86. The molecule has 0 aromatic heterocycles. The molecule has 1 N–H and O–H groups in total. The minimum Gasteiger partial charge on any atom is -0.482 e. The monoisotopic (exact) mass is 369 g/mol. The molecule has 0 bridgehead atoms. The number of ether oxygens (including phenoxy) is 2. The van der Waals surface area contributed by atoms with Crippen molar-refractivity contribution in [3.8, 4) is 5.75 Å². The van der Waals surface area contributed by atoms with E-state index in [1.807, 2.05) is 57.2 Å². The average Bonchev–Trinajstić information content (AvgIpc) is 2.61. The fourth-order valence-corrected chi connectivity index (χ4v) is 2.76. The predicted octanol–water partition coefficient (Wildman–Crippen LogP) is 4.30. The van der Waals surface area contributed by atoms with Crippen LogP contribution in [0.15, 0.2) is 36.4 Å². The third kappa shape index (κ3) is 5.84. The van der Waals surface area contributed by atoms with E-state index in [-0.39, 0.29) is 25.0 Å². The molecule has 0 saturated carbocycles. The maximum absolute atomic E-state index is 12.1. The quantitative estimate of drug-likeness (QED) is 0.739. The van der Waals surface area contributed by atoms with Crippen molar-refractivity contribution in [1.82, 2.24) is 0 Å². The van der Waals surface area contributed by atoms with Gasteiger partial charge in [-0.1, -0.05) is 44.2 Å². The fraction of sp³-hybridized carbons (Fsp3) is 0.364. The molecule has 2 aromatic rings. The molecular weight excluding hydrogens is 342 g/mol. The Morgan fingerprint density at radius 2 is 1.67 bits per heavy atom. The van der Waals surface area contributed by atoms with Crippen LogP contribution in [0.25, 0.3) is 0 Å². The highest BCUT2D eigenvalue weighted by molar-refractivity contribution is 5.94. The number of esters is 1. The first-order chi connectivity index (χ1) is 12.8. The van der Waals surface area contributed by atoms with Gasteiger partial charge in [0.1, 0.15) is 5.75 Å². The summed E-state index contributed by atoms with van der Waals surface area (Å²) >= 11 is 0. The highest BCUT2D eigenvalue weighted by Crippen LogP contribution is 2.27. The van der Waals surface area contributed by atoms with Crippen LogP contribution in [-0.4, -0.2) is 25.1 Å². The molecule has 0 fully saturated rings. The van der Waals surface area contributed by atoms with Gasteiger partial charge in [0, 0.05) is 5.69 Å². The van der Waals surface area contributed by atoms with E-state index in [0.29, 0.717) is 5.75 Å². The van der Waals surface area contributed by atoms with Gasteiger partial charge in [-0.3, -0.25) is 4.79 Å². The SMILES string of the molecule is Cc1ccc(C(C)C)c(OCC(=O)OCC(=O)Nc2c(C)cccc2C)c1. The lowest BCUT2D eigenvalue weighted by atomic mass is 10.0. The van der Waals surface area contributed by atoms with Gasteiger partial charge >= 0.3 is 5.97 Å². The molecule has 0 saturated heterocycles. The molecule has 27 heavy (non-hydrogen) atoms. The van der Waals surface area contributed by atoms with E-state index in [9.17, 15) is 9.59 Å². The second-order valence-corrected chi connectivity index (χ2v) is 6.96. The summed E-state index contributed by atoms with van der Waals surface area (Å²) in [6.07, 6.45) is 0. The number of rotatable bonds is 7. The first-order valence-corrected chi connectivity index (χ1v) is 9.03. The Morgan fingerprint density at radius 1 is 1.00 bits per heavy atom. The van der Waals surface area contributed by atoms with Crippen molar-refractivity contribution in [2.24, 2.45) is 0 Å². The van der Waals surface area contributed by atoms with Crippen LogP contribution in [-0.2, 0) is 14.3 Å². The van der Waals surface area contributed by atoms with E-state index in [1.54, 1.807) is 0 Å². The van der Waals surface area contributed by atoms with Crippen LogP contribution in [0, 0.1) is 20.8 Å². The van der Waals surface area contributed by atoms with Crippen molar-refractivity contribution in [1.29, 1.82) is 0 Å². The summed E-state index contributed by atoms with van der Waals surface area (Å²) in [5.41, 5.74) is 4.74. The van der Waals surface area contributed by atoms with E-state index in [1.165, 1.54) is 0 Å². The summed E-state index contributed by atoms with van der Waals surface area (Å²) < 4.78 is 10.7. The largest absolute Gasteiger partial charge is 0.482 e. The molecule has 0 radical (unpaired) electrons. The van der Waals surface area contributed by atoms with Gasteiger partial charge in [0.15, 0.2) is 13.2 Å². The summed E-state index contributed by atoms with van der Waals surface area (Å²) in [5.74, 6) is -0.0104. The molecule has 2 aromatic carbocycles. The summed E-state index contributed by atoms with van der Waals surface area (Å²) in [6.45, 7) is 9.34. The summed E-state index contributed by atoms with van der Waals surface area (Å²) in [7, 11) is 0. The molecule has 5 nitrogen and oxygen atoms in total. The summed E-state index contributed by atoms with van der Waals surface area (Å²) in [4.78, 5) is 24.0. The average molecular weight is 369 g/mol. The van der Waals surface area contributed by atoms with Gasteiger partial charge in [0.05, 0.1) is 0 Å². The van der Waals surface area contributed by atoms with Crippen molar-refractivity contribution >= 4 is 17.6 Å². The zero-order chi connectivity index (χ0) is 20.0. The number of anilines is 1. The number of nitrogens with one attached hydrogen (secondary N) is 1. The molecule has 0 aliphatic heterocycles. The number of para-hydroxylation sites is 1. The molecule has 1 amide bonds. The number of benzene rings is 2. The molecule has 0 unspecified atom stereocenters. The van der Waals surface area contributed by atoms with Gasteiger partial charge in [0.2, 0.25) is 0 Å². The molecular formula is C22H27NO4. The van der Waals surface area contributed by atoms with Gasteiger partial charge in [-0.05, 0) is 55.0 Å². The highest BCUT2D eigenvalue weighted by Gasteiger charge is 2.13. The van der Waals surface area contributed by atoms with Crippen molar-refractivity contribution in [2.45, 2.75) is 40.5 Å². The molecule has 0 aliphatic carbocycles. The number of carbonyl (C=O) groups is 2. The topological polar surface area (TPSA) is 64.6 Å². The lowest BCUT2D eigenvalue weighted by molar-refractivity contribution is -0.149. The van der Waals surface area contributed by atoms with Crippen molar-refractivity contribution < 1.29 is 19.1 Å². The first-order valence-electron chi connectivity index (χ1n) is 9.03. The lowest BCUT2D eigenvalue weighted by Gasteiger charge is -2.15. The van der Waals surface area contributed by atoms with Crippen molar-refractivity contribution in [3.05, 3.63) is 58.7 Å². The molecule has 5 heteroatoms. The van der Waals surface area contributed by atoms with Crippen LogP contribution in [0.4, 0.5) is 5.69 Å². The Hall–Kier alpha value is -2.82. The minimum atomic E-state index is -0.581. The van der Waals surface area contributed by atoms with E-state index in [0.717, 1.165) is 27.9 Å². The van der Waals surface area contributed by atoms with Crippen LogP contribution in [0.3, 0.4) is 0 Å². The molecule has 144 valence electrons. The van der Waals surface area contributed by atoms with E-state index >= 15 is 0 Å². The van der Waals surface area contributed by atoms with E-state index < -0.39 is 5.97 Å². The van der Waals surface area contributed by atoms with Crippen LogP contribution < -0.4 is 10.1 Å². The fourth-order valence-electron chi connectivity index (χ4n) is 2.76. The Morgan fingerprint density at radius 3 is 2.30 bits per heavy atom. The molecule has 0 aliphatic rings. The number of hydrogen-bond acceptors (Lipinski definition) is 4. The second kappa shape index (κ2) is 9.21. The maximum Gasteiger partial charge on any atom is 0.344 e. The normalized spacial score (nSPS) is 10.6. The van der Waals surface area contributed by atoms with Crippen LogP contribution in [0.5, 0.6) is 5.75 Å². The third-order valence-corrected chi connectivity index (χ3v) is 4.25. The molecule has 0 atom stereocenters. The molecule has 0 heterocycles. The zero-order valence-electron chi connectivity index (χ0n) is 16.6.